The number of aromatic amines is 1. The molecule has 0 spiro atoms. The fourth-order valence-electron chi connectivity index (χ4n) is 2.61. The Kier molecular flexibility index (Phi) is 5.66. The van der Waals surface area contributed by atoms with E-state index in [9.17, 15) is 9.59 Å². The lowest BCUT2D eigenvalue weighted by atomic mass is 10.2. The van der Waals surface area contributed by atoms with Crippen molar-refractivity contribution in [2.24, 2.45) is 0 Å². The molecule has 1 unspecified atom stereocenters. The third-order valence-corrected chi connectivity index (χ3v) is 4.34. The molecular formula is C20H19ClN2O4. The van der Waals surface area contributed by atoms with Crippen LogP contribution in [0.25, 0.3) is 10.9 Å². The fraction of sp³-hybridized carbons (Fsp3) is 0.200. The lowest BCUT2D eigenvalue weighted by Crippen LogP contribution is -2.30. The van der Waals surface area contributed by atoms with Crippen molar-refractivity contribution in [3.05, 3.63) is 59.2 Å². The van der Waals surface area contributed by atoms with Crippen molar-refractivity contribution in [1.29, 1.82) is 0 Å². The molecule has 6 nitrogen and oxygen atoms in total. The summed E-state index contributed by atoms with van der Waals surface area (Å²) in [4.78, 5) is 27.8. The summed E-state index contributed by atoms with van der Waals surface area (Å²) in [6.07, 6.45) is -1.02. The zero-order valence-electron chi connectivity index (χ0n) is 14.9. The number of carbonyl (C=O) groups is 2. The Hall–Kier alpha value is -2.99. The quantitative estimate of drug-likeness (QED) is 0.615. The number of para-hydroxylation sites is 3. The van der Waals surface area contributed by atoms with Crippen LogP contribution >= 0.6 is 11.6 Å². The van der Waals surface area contributed by atoms with Gasteiger partial charge in [0.05, 0.1) is 17.3 Å². The lowest BCUT2D eigenvalue weighted by Gasteiger charge is -2.15. The van der Waals surface area contributed by atoms with E-state index < -0.39 is 18.0 Å². The molecule has 2 aromatic carbocycles. The Morgan fingerprint density at radius 3 is 2.59 bits per heavy atom. The molecule has 3 aromatic rings. The SMILES string of the molecule is CCOc1ccccc1NC(=O)C(C)OC(=O)c1[nH]c2ccccc2c1Cl. The van der Waals surface area contributed by atoms with Crippen LogP contribution in [0.1, 0.15) is 24.3 Å². The van der Waals surface area contributed by atoms with Crippen LogP contribution in [0, 0.1) is 0 Å². The van der Waals surface area contributed by atoms with E-state index in [0.717, 1.165) is 5.52 Å². The predicted octanol–water partition coefficient (Wildman–Crippen LogP) is 4.40. The number of hydrogen-bond acceptors (Lipinski definition) is 4. The van der Waals surface area contributed by atoms with Gasteiger partial charge in [-0.3, -0.25) is 4.79 Å². The van der Waals surface area contributed by atoms with Crippen molar-refractivity contribution in [3.63, 3.8) is 0 Å². The van der Waals surface area contributed by atoms with Crippen molar-refractivity contribution in [3.8, 4) is 5.75 Å². The maximum absolute atomic E-state index is 12.4. The molecule has 0 aliphatic carbocycles. The number of anilines is 1. The van der Waals surface area contributed by atoms with Crippen LogP contribution in [0.2, 0.25) is 5.02 Å². The molecule has 0 radical (unpaired) electrons. The van der Waals surface area contributed by atoms with Crippen molar-refractivity contribution in [2.45, 2.75) is 20.0 Å². The van der Waals surface area contributed by atoms with E-state index in [0.29, 0.717) is 23.4 Å². The number of fused-ring (bicyclic) bond motifs is 1. The molecule has 0 saturated heterocycles. The summed E-state index contributed by atoms with van der Waals surface area (Å²) in [5, 5.41) is 3.69. The molecule has 1 heterocycles. The van der Waals surface area contributed by atoms with Crippen LogP contribution in [0.3, 0.4) is 0 Å². The van der Waals surface area contributed by atoms with Gasteiger partial charge in [-0.25, -0.2) is 4.79 Å². The van der Waals surface area contributed by atoms with Crippen LogP contribution in [0.4, 0.5) is 5.69 Å². The molecule has 2 N–H and O–H groups in total. The van der Waals surface area contributed by atoms with Gasteiger partial charge < -0.3 is 19.8 Å². The Balaban J connectivity index is 1.71. The van der Waals surface area contributed by atoms with Gasteiger partial charge in [0.1, 0.15) is 11.4 Å². The monoisotopic (exact) mass is 386 g/mol. The Morgan fingerprint density at radius 2 is 1.85 bits per heavy atom. The number of aromatic nitrogens is 1. The first kappa shape index (κ1) is 18.8. The number of esters is 1. The van der Waals surface area contributed by atoms with E-state index in [1.165, 1.54) is 6.92 Å². The van der Waals surface area contributed by atoms with E-state index in [2.05, 4.69) is 10.3 Å². The van der Waals surface area contributed by atoms with Gasteiger partial charge >= 0.3 is 5.97 Å². The molecule has 27 heavy (non-hydrogen) atoms. The number of H-pyrrole nitrogens is 1. The van der Waals surface area contributed by atoms with Gasteiger partial charge in [0.15, 0.2) is 6.10 Å². The first-order chi connectivity index (χ1) is 13.0. The van der Waals surface area contributed by atoms with Crippen LogP contribution in [0.15, 0.2) is 48.5 Å². The molecule has 0 saturated carbocycles. The van der Waals surface area contributed by atoms with Crippen molar-refractivity contribution in [1.82, 2.24) is 4.98 Å². The summed E-state index contributed by atoms with van der Waals surface area (Å²) in [5.41, 5.74) is 1.35. The highest BCUT2D eigenvalue weighted by Gasteiger charge is 2.23. The highest BCUT2D eigenvalue weighted by molar-refractivity contribution is 6.38. The van der Waals surface area contributed by atoms with Gasteiger partial charge in [0, 0.05) is 10.9 Å². The lowest BCUT2D eigenvalue weighted by molar-refractivity contribution is -0.123. The topological polar surface area (TPSA) is 80.4 Å². The number of halogens is 1. The molecule has 1 amide bonds. The maximum Gasteiger partial charge on any atom is 0.357 e. The van der Waals surface area contributed by atoms with Gasteiger partial charge in [-0.15, -0.1) is 0 Å². The molecule has 1 aromatic heterocycles. The molecule has 0 aliphatic heterocycles. The second-order valence-electron chi connectivity index (χ2n) is 5.83. The van der Waals surface area contributed by atoms with E-state index in [4.69, 9.17) is 21.1 Å². The zero-order valence-corrected chi connectivity index (χ0v) is 15.7. The van der Waals surface area contributed by atoms with Gasteiger partial charge in [0.25, 0.3) is 5.91 Å². The number of amides is 1. The molecule has 0 bridgehead atoms. The predicted molar refractivity (Wildman–Crippen MR) is 104 cm³/mol. The number of nitrogens with one attached hydrogen (secondary N) is 2. The number of hydrogen-bond donors (Lipinski definition) is 2. The maximum atomic E-state index is 12.4. The van der Waals surface area contributed by atoms with Crippen LogP contribution in [-0.4, -0.2) is 29.6 Å². The molecule has 140 valence electrons. The Labute approximate surface area is 161 Å². The number of carbonyl (C=O) groups excluding carboxylic acids is 2. The number of ether oxygens (including phenoxy) is 2. The molecular weight excluding hydrogens is 368 g/mol. The fourth-order valence-corrected chi connectivity index (χ4v) is 2.90. The first-order valence-electron chi connectivity index (χ1n) is 8.51. The second kappa shape index (κ2) is 8.14. The normalized spacial score (nSPS) is 11.8. The smallest absolute Gasteiger partial charge is 0.357 e. The minimum absolute atomic E-state index is 0.118. The summed E-state index contributed by atoms with van der Waals surface area (Å²) >= 11 is 6.25. The van der Waals surface area contributed by atoms with Gasteiger partial charge in [-0.05, 0) is 32.0 Å². The average molecular weight is 387 g/mol. The summed E-state index contributed by atoms with van der Waals surface area (Å²) in [6.45, 7) is 3.82. The number of benzene rings is 2. The third-order valence-electron chi connectivity index (χ3n) is 3.94. The second-order valence-corrected chi connectivity index (χ2v) is 6.20. The Morgan fingerprint density at radius 1 is 1.15 bits per heavy atom. The minimum atomic E-state index is -1.02. The zero-order chi connectivity index (χ0) is 19.4. The van der Waals surface area contributed by atoms with E-state index in [1.54, 1.807) is 30.3 Å². The molecule has 1 atom stereocenters. The van der Waals surface area contributed by atoms with Crippen molar-refractivity contribution in [2.75, 3.05) is 11.9 Å². The van der Waals surface area contributed by atoms with Gasteiger partial charge in [-0.2, -0.15) is 0 Å². The largest absolute Gasteiger partial charge is 0.492 e. The molecule has 0 aliphatic rings. The Bertz CT molecular complexity index is 983. The highest BCUT2D eigenvalue weighted by Crippen LogP contribution is 2.28. The third kappa shape index (κ3) is 4.06. The van der Waals surface area contributed by atoms with Crippen molar-refractivity contribution >= 4 is 40.1 Å². The van der Waals surface area contributed by atoms with E-state index >= 15 is 0 Å². The molecule has 7 heteroatoms. The summed E-state index contributed by atoms with van der Waals surface area (Å²) in [7, 11) is 0. The summed E-state index contributed by atoms with van der Waals surface area (Å²) in [5.74, 6) is -0.620. The van der Waals surface area contributed by atoms with Crippen LogP contribution in [0.5, 0.6) is 5.75 Å². The van der Waals surface area contributed by atoms with Gasteiger partial charge in [-0.1, -0.05) is 41.9 Å². The standard InChI is InChI=1S/C20H19ClN2O4/c1-3-26-16-11-7-6-10-15(16)23-19(24)12(2)27-20(25)18-17(21)13-8-4-5-9-14(13)22-18/h4-12,22H,3H2,1-2H3,(H,23,24). The summed E-state index contributed by atoms with van der Waals surface area (Å²) < 4.78 is 10.7. The van der Waals surface area contributed by atoms with E-state index in [1.807, 2.05) is 25.1 Å². The number of rotatable bonds is 6. The molecule has 0 fully saturated rings. The minimum Gasteiger partial charge on any atom is -0.492 e. The van der Waals surface area contributed by atoms with Crippen LogP contribution < -0.4 is 10.1 Å². The average Bonchev–Trinajstić information content (AvgIpc) is 3.00. The van der Waals surface area contributed by atoms with Crippen LogP contribution in [-0.2, 0) is 9.53 Å². The highest BCUT2D eigenvalue weighted by atomic mass is 35.5. The summed E-state index contributed by atoms with van der Waals surface area (Å²) in [6, 6.07) is 14.3. The first-order valence-corrected chi connectivity index (χ1v) is 8.89. The molecule has 3 rings (SSSR count). The van der Waals surface area contributed by atoms with Crippen molar-refractivity contribution < 1.29 is 19.1 Å². The van der Waals surface area contributed by atoms with Gasteiger partial charge in [0.2, 0.25) is 0 Å². The van der Waals surface area contributed by atoms with E-state index in [-0.39, 0.29) is 10.7 Å².